The molecule has 0 N–H and O–H groups in total. The molecule has 0 unspecified atom stereocenters. The molecule has 0 aliphatic carbocycles. The van der Waals surface area contributed by atoms with Crippen LogP contribution in [-0.4, -0.2) is 10.8 Å². The third-order valence-electron chi connectivity index (χ3n) is 4.23. The minimum atomic E-state index is -0.114. The number of hydrogen-bond donors (Lipinski definition) is 0. The Morgan fingerprint density at radius 2 is 1.62 bits per heavy atom. The molecular weight excluding hydrogens is 365 g/mol. The number of aromatic nitrogens is 1. The highest BCUT2D eigenvalue weighted by molar-refractivity contribution is 6.32. The van der Waals surface area contributed by atoms with Crippen LogP contribution in [-0.2, 0) is 0 Å². The van der Waals surface area contributed by atoms with Crippen LogP contribution in [0.5, 0.6) is 0 Å². The molecule has 0 saturated carbocycles. The summed E-state index contributed by atoms with van der Waals surface area (Å²) in [5, 5.41) is 4.12. The topological polar surface area (TPSA) is 30.0 Å². The van der Waals surface area contributed by atoms with E-state index in [9.17, 15) is 4.79 Å². The van der Waals surface area contributed by atoms with Crippen molar-refractivity contribution in [2.45, 2.75) is 0 Å². The van der Waals surface area contributed by atoms with E-state index in [0.717, 1.165) is 21.7 Å². The van der Waals surface area contributed by atoms with Gasteiger partial charge in [0.1, 0.15) is 5.15 Å². The highest BCUT2D eigenvalue weighted by Crippen LogP contribution is 2.28. The van der Waals surface area contributed by atoms with E-state index < -0.39 is 0 Å². The fourth-order valence-corrected chi connectivity index (χ4v) is 3.22. The summed E-state index contributed by atoms with van der Waals surface area (Å²) < 4.78 is 0. The van der Waals surface area contributed by atoms with Crippen molar-refractivity contribution in [3.8, 4) is 0 Å². The summed E-state index contributed by atoms with van der Waals surface area (Å²) in [4.78, 5) is 16.8. The molecule has 0 aliphatic rings. The first-order valence-electron chi connectivity index (χ1n) is 8.08. The Kier molecular flexibility index (Phi) is 4.46. The van der Waals surface area contributed by atoms with Gasteiger partial charge in [0.15, 0.2) is 5.78 Å². The van der Waals surface area contributed by atoms with Crippen molar-refractivity contribution in [1.29, 1.82) is 0 Å². The Morgan fingerprint density at radius 1 is 0.885 bits per heavy atom. The van der Waals surface area contributed by atoms with Crippen LogP contribution in [0.15, 0.2) is 72.8 Å². The van der Waals surface area contributed by atoms with Crippen LogP contribution >= 0.6 is 23.2 Å². The van der Waals surface area contributed by atoms with Gasteiger partial charge in [-0.05, 0) is 47.9 Å². The molecule has 0 radical (unpaired) electrons. The number of carbonyl (C=O) groups is 1. The van der Waals surface area contributed by atoms with E-state index >= 15 is 0 Å². The third kappa shape index (κ3) is 3.22. The van der Waals surface area contributed by atoms with E-state index in [2.05, 4.69) is 11.1 Å². The summed E-state index contributed by atoms with van der Waals surface area (Å²) >= 11 is 12.2. The van der Waals surface area contributed by atoms with Gasteiger partial charge in [0.25, 0.3) is 0 Å². The predicted octanol–water partition coefficient (Wildman–Crippen LogP) is 6.59. The summed E-state index contributed by atoms with van der Waals surface area (Å²) in [6.45, 7) is 0. The summed E-state index contributed by atoms with van der Waals surface area (Å²) in [5.41, 5.74) is 2.13. The minimum absolute atomic E-state index is 0.114. The molecule has 0 spiro atoms. The normalized spacial score (nSPS) is 11.5. The Balaban J connectivity index is 1.72. The van der Waals surface area contributed by atoms with E-state index in [0.29, 0.717) is 21.3 Å². The van der Waals surface area contributed by atoms with Crippen LogP contribution in [0.2, 0.25) is 10.2 Å². The van der Waals surface area contributed by atoms with Crippen molar-refractivity contribution in [2.24, 2.45) is 0 Å². The van der Waals surface area contributed by atoms with Gasteiger partial charge in [-0.15, -0.1) is 0 Å². The van der Waals surface area contributed by atoms with E-state index in [-0.39, 0.29) is 5.78 Å². The maximum atomic E-state index is 12.3. The number of carbonyl (C=O) groups excluding carboxylic acids is 1. The van der Waals surface area contributed by atoms with Crippen molar-refractivity contribution >= 4 is 56.7 Å². The quantitative estimate of drug-likeness (QED) is 0.174. The van der Waals surface area contributed by atoms with E-state index in [1.54, 1.807) is 30.3 Å². The van der Waals surface area contributed by atoms with Gasteiger partial charge in [-0.2, -0.15) is 0 Å². The molecule has 26 heavy (non-hydrogen) atoms. The largest absolute Gasteiger partial charge is 0.289 e. The van der Waals surface area contributed by atoms with Gasteiger partial charge in [-0.3, -0.25) is 4.79 Å². The summed E-state index contributed by atoms with van der Waals surface area (Å²) in [7, 11) is 0. The van der Waals surface area contributed by atoms with Gasteiger partial charge >= 0.3 is 0 Å². The fourth-order valence-electron chi connectivity index (χ4n) is 2.90. The second-order valence-electron chi connectivity index (χ2n) is 5.93. The number of benzene rings is 3. The number of hydrogen-bond acceptors (Lipinski definition) is 2. The van der Waals surface area contributed by atoms with Crippen molar-refractivity contribution in [3.63, 3.8) is 0 Å². The van der Waals surface area contributed by atoms with Crippen LogP contribution in [0.25, 0.3) is 27.8 Å². The van der Waals surface area contributed by atoms with E-state index in [1.165, 1.54) is 6.08 Å². The first kappa shape index (κ1) is 16.8. The first-order valence-corrected chi connectivity index (χ1v) is 8.83. The number of ketones is 1. The van der Waals surface area contributed by atoms with Crippen LogP contribution in [0, 0.1) is 0 Å². The number of fused-ring (bicyclic) bond motifs is 3. The van der Waals surface area contributed by atoms with Crippen LogP contribution in [0.3, 0.4) is 0 Å². The zero-order valence-electron chi connectivity index (χ0n) is 13.6. The highest BCUT2D eigenvalue weighted by Gasteiger charge is 2.07. The smallest absolute Gasteiger partial charge is 0.185 e. The second kappa shape index (κ2) is 6.91. The van der Waals surface area contributed by atoms with E-state index in [1.807, 2.05) is 36.4 Å². The highest BCUT2D eigenvalue weighted by atomic mass is 35.5. The number of rotatable bonds is 3. The van der Waals surface area contributed by atoms with Gasteiger partial charge in [-0.25, -0.2) is 4.98 Å². The average Bonchev–Trinajstić information content (AvgIpc) is 2.66. The van der Waals surface area contributed by atoms with Gasteiger partial charge in [0.05, 0.1) is 5.52 Å². The fraction of sp³-hybridized carbons (Fsp3) is 0. The molecule has 4 aromatic rings. The summed E-state index contributed by atoms with van der Waals surface area (Å²) in [6, 6.07) is 20.8. The molecule has 0 fully saturated rings. The first-order chi connectivity index (χ1) is 12.6. The van der Waals surface area contributed by atoms with Crippen LogP contribution in [0.1, 0.15) is 15.9 Å². The number of pyridine rings is 1. The van der Waals surface area contributed by atoms with E-state index in [4.69, 9.17) is 23.2 Å². The predicted molar refractivity (Wildman–Crippen MR) is 109 cm³/mol. The molecule has 0 bridgehead atoms. The molecule has 4 rings (SSSR count). The van der Waals surface area contributed by atoms with Crippen molar-refractivity contribution < 1.29 is 4.79 Å². The molecule has 0 amide bonds. The lowest BCUT2D eigenvalue weighted by Gasteiger charge is -2.06. The molecule has 0 aliphatic heterocycles. The zero-order chi connectivity index (χ0) is 18.1. The molecule has 126 valence electrons. The lowest BCUT2D eigenvalue weighted by Crippen LogP contribution is -1.93. The SMILES string of the molecule is O=C(/C=C/c1cc2ccc3ccccc3c2nc1Cl)c1ccc(Cl)cc1. The molecule has 2 nitrogen and oxygen atoms in total. The van der Waals surface area contributed by atoms with Crippen molar-refractivity contribution in [3.05, 3.63) is 94.1 Å². The summed E-state index contributed by atoms with van der Waals surface area (Å²) in [5.74, 6) is -0.114. The van der Waals surface area contributed by atoms with Gasteiger partial charge in [0, 0.05) is 26.9 Å². The monoisotopic (exact) mass is 377 g/mol. The van der Waals surface area contributed by atoms with Crippen LogP contribution < -0.4 is 0 Å². The molecule has 0 atom stereocenters. The summed E-state index contributed by atoms with van der Waals surface area (Å²) in [6.07, 6.45) is 3.19. The zero-order valence-corrected chi connectivity index (χ0v) is 15.1. The standard InChI is InChI=1S/C22H13Cl2NO/c23-18-10-7-15(8-11-18)20(26)12-9-17-13-16-6-5-14-3-1-2-4-19(14)21(16)25-22(17)24/h1-13H/b12-9+. The average molecular weight is 378 g/mol. The number of halogens is 2. The molecule has 0 saturated heterocycles. The van der Waals surface area contributed by atoms with Crippen molar-refractivity contribution in [2.75, 3.05) is 0 Å². The van der Waals surface area contributed by atoms with Gasteiger partial charge in [0.2, 0.25) is 0 Å². The number of allylic oxidation sites excluding steroid dienone is 1. The second-order valence-corrected chi connectivity index (χ2v) is 6.73. The third-order valence-corrected chi connectivity index (χ3v) is 4.79. The maximum absolute atomic E-state index is 12.3. The molecule has 1 aromatic heterocycles. The molecule has 3 aromatic carbocycles. The van der Waals surface area contributed by atoms with Gasteiger partial charge in [-0.1, -0.05) is 59.6 Å². The number of nitrogens with zero attached hydrogens (tertiary/aromatic N) is 1. The van der Waals surface area contributed by atoms with Crippen molar-refractivity contribution in [1.82, 2.24) is 4.98 Å². The minimum Gasteiger partial charge on any atom is -0.289 e. The Bertz CT molecular complexity index is 1160. The lowest BCUT2D eigenvalue weighted by molar-refractivity contribution is 0.104. The molecular formula is C22H13Cl2NO. The Hall–Kier alpha value is -2.68. The lowest BCUT2D eigenvalue weighted by atomic mass is 10.0. The molecule has 1 heterocycles. The molecule has 4 heteroatoms. The Labute approximate surface area is 160 Å². The maximum Gasteiger partial charge on any atom is 0.185 e. The Morgan fingerprint density at radius 3 is 2.42 bits per heavy atom. The van der Waals surface area contributed by atoms with Crippen LogP contribution in [0.4, 0.5) is 0 Å². The van der Waals surface area contributed by atoms with Gasteiger partial charge < -0.3 is 0 Å².